The van der Waals surface area contributed by atoms with E-state index in [2.05, 4.69) is 26.7 Å². The molecule has 0 saturated carbocycles. The zero-order chi connectivity index (χ0) is 20.2. The number of benzene rings is 2. The maximum absolute atomic E-state index is 12.9. The van der Waals surface area contributed by atoms with Crippen LogP contribution in [-0.4, -0.2) is 28.3 Å². The zero-order valence-corrected chi connectivity index (χ0v) is 16.1. The summed E-state index contributed by atoms with van der Waals surface area (Å²) in [5.74, 6) is 0.230. The summed E-state index contributed by atoms with van der Waals surface area (Å²) >= 11 is 0. The lowest BCUT2D eigenvalue weighted by atomic mass is 10.0. The number of carbonyl (C=O) groups is 2. The molecule has 1 aliphatic rings. The number of nitrogens with zero attached hydrogens (tertiary/aromatic N) is 3. The molecule has 2 amide bonds. The molecule has 1 aliphatic heterocycles. The minimum Gasteiger partial charge on any atom is -0.339 e. The van der Waals surface area contributed by atoms with Gasteiger partial charge in [-0.25, -0.2) is 9.97 Å². The van der Waals surface area contributed by atoms with Crippen molar-refractivity contribution >= 4 is 34.7 Å². The first kappa shape index (κ1) is 18.6. The summed E-state index contributed by atoms with van der Waals surface area (Å²) in [6.45, 7) is 2.13. The van der Waals surface area contributed by atoms with Crippen molar-refractivity contribution < 1.29 is 9.59 Å². The van der Waals surface area contributed by atoms with Gasteiger partial charge in [0, 0.05) is 30.5 Å². The van der Waals surface area contributed by atoms with Crippen LogP contribution >= 0.6 is 0 Å². The van der Waals surface area contributed by atoms with E-state index in [9.17, 15) is 9.59 Å². The average Bonchev–Trinajstić information content (AvgIpc) is 2.73. The zero-order valence-electron chi connectivity index (χ0n) is 16.1. The normalized spacial score (nSPS) is 12.8. The van der Waals surface area contributed by atoms with Crippen molar-refractivity contribution in [1.82, 2.24) is 9.97 Å². The summed E-state index contributed by atoms with van der Waals surface area (Å²) in [5, 5.41) is 5.86. The second-order valence-electron chi connectivity index (χ2n) is 6.86. The summed E-state index contributed by atoms with van der Waals surface area (Å²) in [4.78, 5) is 34.6. The van der Waals surface area contributed by atoms with Crippen LogP contribution in [0.2, 0.25) is 0 Å². The smallest absolute Gasteiger partial charge is 0.278 e. The van der Waals surface area contributed by atoms with Gasteiger partial charge in [0.25, 0.3) is 5.91 Å². The lowest BCUT2D eigenvalue weighted by Gasteiger charge is -2.29. The number of fused-ring (bicyclic) bond motifs is 1. The molecule has 0 spiro atoms. The maximum Gasteiger partial charge on any atom is 0.278 e. The van der Waals surface area contributed by atoms with E-state index in [1.54, 1.807) is 17.0 Å². The minimum absolute atomic E-state index is 0.135. The number of aryl methyl sites for hydroxylation is 1. The summed E-state index contributed by atoms with van der Waals surface area (Å²) in [7, 11) is 0. The summed E-state index contributed by atoms with van der Waals surface area (Å²) < 4.78 is 0. The lowest BCUT2D eigenvalue weighted by Crippen LogP contribution is -2.36. The molecule has 29 heavy (non-hydrogen) atoms. The van der Waals surface area contributed by atoms with E-state index in [1.807, 2.05) is 30.3 Å². The molecule has 2 heterocycles. The molecule has 146 valence electrons. The predicted octanol–water partition coefficient (Wildman–Crippen LogP) is 3.77. The van der Waals surface area contributed by atoms with E-state index in [0.717, 1.165) is 24.2 Å². The first-order valence-electron chi connectivity index (χ1n) is 9.46. The molecule has 0 saturated heterocycles. The van der Waals surface area contributed by atoms with Crippen LogP contribution in [0.3, 0.4) is 0 Å². The second-order valence-corrected chi connectivity index (χ2v) is 6.86. The highest BCUT2D eigenvalue weighted by molar-refractivity contribution is 6.05. The fourth-order valence-corrected chi connectivity index (χ4v) is 3.41. The number of anilines is 4. The number of hydrogen-bond acceptors (Lipinski definition) is 5. The maximum atomic E-state index is 12.9. The van der Waals surface area contributed by atoms with Crippen LogP contribution in [0.25, 0.3) is 0 Å². The van der Waals surface area contributed by atoms with Gasteiger partial charge in [0.15, 0.2) is 0 Å². The topological polar surface area (TPSA) is 87.2 Å². The van der Waals surface area contributed by atoms with Crippen LogP contribution in [0.5, 0.6) is 0 Å². The Labute approximate surface area is 168 Å². The third-order valence-electron chi connectivity index (χ3n) is 4.68. The Morgan fingerprint density at radius 3 is 2.62 bits per heavy atom. The Hall–Kier alpha value is -3.74. The van der Waals surface area contributed by atoms with E-state index in [0.29, 0.717) is 23.7 Å². The molecule has 0 unspecified atom stereocenters. The molecular weight excluding hydrogens is 366 g/mol. The lowest BCUT2D eigenvalue weighted by molar-refractivity contribution is -0.114. The van der Waals surface area contributed by atoms with Crippen LogP contribution in [0.1, 0.15) is 29.4 Å². The van der Waals surface area contributed by atoms with Crippen LogP contribution in [0.15, 0.2) is 60.9 Å². The summed E-state index contributed by atoms with van der Waals surface area (Å²) in [6.07, 6.45) is 4.93. The Morgan fingerprint density at radius 1 is 1.00 bits per heavy atom. The molecule has 4 rings (SSSR count). The van der Waals surface area contributed by atoms with Crippen LogP contribution < -0.4 is 15.5 Å². The van der Waals surface area contributed by atoms with Crippen molar-refractivity contribution in [2.24, 2.45) is 0 Å². The number of amides is 2. The largest absolute Gasteiger partial charge is 0.339 e. The summed E-state index contributed by atoms with van der Waals surface area (Å²) in [5.41, 5.74) is 3.87. The monoisotopic (exact) mass is 387 g/mol. The number of rotatable bonds is 4. The predicted molar refractivity (Wildman–Crippen MR) is 112 cm³/mol. The van der Waals surface area contributed by atoms with Crippen LogP contribution in [-0.2, 0) is 11.2 Å². The molecule has 3 aromatic rings. The number of para-hydroxylation sites is 1. The average molecular weight is 387 g/mol. The van der Waals surface area contributed by atoms with Gasteiger partial charge in [-0.2, -0.15) is 0 Å². The third-order valence-corrected chi connectivity index (χ3v) is 4.68. The fourth-order valence-electron chi connectivity index (χ4n) is 3.41. The van der Waals surface area contributed by atoms with Gasteiger partial charge in [0.1, 0.15) is 11.5 Å². The fraction of sp³-hybridized carbons (Fsp3) is 0.182. The van der Waals surface area contributed by atoms with Crippen molar-refractivity contribution in [2.75, 3.05) is 22.1 Å². The molecule has 2 aromatic carbocycles. The molecule has 0 fully saturated rings. The Morgan fingerprint density at radius 2 is 1.83 bits per heavy atom. The Balaban J connectivity index is 1.49. The van der Waals surface area contributed by atoms with Gasteiger partial charge < -0.3 is 15.5 Å². The molecule has 7 heteroatoms. The van der Waals surface area contributed by atoms with Crippen molar-refractivity contribution in [2.45, 2.75) is 19.8 Å². The highest BCUT2D eigenvalue weighted by Crippen LogP contribution is 2.28. The standard InChI is InChI=1S/C22H21N5O2/c1-15(28)25-17-8-4-9-18(12-17)26-21-14-23-19(13-24-21)22(29)27-11-5-7-16-6-2-3-10-20(16)27/h2-4,6,8-10,12-14H,5,7,11H2,1H3,(H,24,26)(H,25,28). The van der Waals surface area contributed by atoms with Crippen LogP contribution in [0.4, 0.5) is 22.9 Å². The van der Waals surface area contributed by atoms with Crippen molar-refractivity contribution in [3.63, 3.8) is 0 Å². The van der Waals surface area contributed by atoms with E-state index in [4.69, 9.17) is 0 Å². The van der Waals surface area contributed by atoms with Crippen LogP contribution in [0, 0.1) is 0 Å². The molecule has 0 aliphatic carbocycles. The van der Waals surface area contributed by atoms with Crippen molar-refractivity contribution in [3.8, 4) is 0 Å². The first-order valence-corrected chi connectivity index (χ1v) is 9.46. The Bertz CT molecular complexity index is 1050. The van der Waals surface area contributed by atoms with Gasteiger partial charge in [0.2, 0.25) is 5.91 Å². The van der Waals surface area contributed by atoms with Gasteiger partial charge in [-0.1, -0.05) is 24.3 Å². The molecule has 0 bridgehead atoms. The van der Waals surface area contributed by atoms with Gasteiger partial charge >= 0.3 is 0 Å². The van der Waals surface area contributed by atoms with E-state index >= 15 is 0 Å². The summed E-state index contributed by atoms with van der Waals surface area (Å²) in [6, 6.07) is 15.2. The van der Waals surface area contributed by atoms with Crippen molar-refractivity contribution in [3.05, 3.63) is 72.2 Å². The first-order chi connectivity index (χ1) is 14.1. The van der Waals surface area contributed by atoms with Gasteiger partial charge in [-0.3, -0.25) is 9.59 Å². The number of aromatic nitrogens is 2. The van der Waals surface area contributed by atoms with E-state index in [1.165, 1.54) is 24.9 Å². The van der Waals surface area contributed by atoms with Gasteiger partial charge in [0.05, 0.1) is 12.4 Å². The SMILES string of the molecule is CC(=O)Nc1cccc(Nc2cnc(C(=O)N3CCCc4ccccc43)cn2)c1. The highest BCUT2D eigenvalue weighted by atomic mass is 16.2. The number of nitrogens with one attached hydrogen (secondary N) is 2. The van der Waals surface area contributed by atoms with Gasteiger partial charge in [-0.05, 0) is 42.7 Å². The molecule has 2 N–H and O–H groups in total. The quantitative estimate of drug-likeness (QED) is 0.712. The number of carbonyl (C=O) groups excluding carboxylic acids is 2. The molecule has 0 radical (unpaired) electrons. The number of hydrogen-bond donors (Lipinski definition) is 2. The van der Waals surface area contributed by atoms with Crippen molar-refractivity contribution in [1.29, 1.82) is 0 Å². The molecule has 0 atom stereocenters. The van der Waals surface area contributed by atoms with E-state index < -0.39 is 0 Å². The Kier molecular flexibility index (Phi) is 5.20. The molecular formula is C22H21N5O2. The van der Waals surface area contributed by atoms with Gasteiger partial charge in [-0.15, -0.1) is 0 Å². The van der Waals surface area contributed by atoms with E-state index in [-0.39, 0.29) is 11.8 Å². The highest BCUT2D eigenvalue weighted by Gasteiger charge is 2.24. The molecule has 7 nitrogen and oxygen atoms in total. The third kappa shape index (κ3) is 4.24. The molecule has 1 aromatic heterocycles. The minimum atomic E-state index is -0.149. The second kappa shape index (κ2) is 8.10.